The lowest BCUT2D eigenvalue weighted by Crippen LogP contribution is -2.29. The van der Waals surface area contributed by atoms with E-state index in [1.54, 1.807) is 43.5 Å². The summed E-state index contributed by atoms with van der Waals surface area (Å²) >= 11 is 1.32. The molecule has 1 saturated heterocycles. The number of ether oxygens (including phenoxy) is 1. The summed E-state index contributed by atoms with van der Waals surface area (Å²) in [6.07, 6.45) is 2.34. The van der Waals surface area contributed by atoms with Crippen LogP contribution in [0.3, 0.4) is 0 Å². The zero-order valence-corrected chi connectivity index (χ0v) is 18.8. The van der Waals surface area contributed by atoms with E-state index in [1.807, 2.05) is 18.2 Å². The van der Waals surface area contributed by atoms with Crippen LogP contribution in [0, 0.1) is 0 Å². The van der Waals surface area contributed by atoms with Gasteiger partial charge in [-0.15, -0.1) is 0 Å². The molecule has 0 radical (unpaired) electrons. The zero-order chi connectivity index (χ0) is 23.1. The van der Waals surface area contributed by atoms with E-state index in [-0.39, 0.29) is 11.3 Å². The molecular formula is C25H20N2O5S. The zero-order valence-electron chi connectivity index (χ0n) is 17.9. The molecule has 1 unspecified atom stereocenters. The number of anilines is 1. The first-order valence-electron chi connectivity index (χ1n) is 10.4. The number of ketones is 1. The van der Waals surface area contributed by atoms with Crippen LogP contribution in [0.15, 0.2) is 70.9 Å². The second-order valence-electron chi connectivity index (χ2n) is 7.57. The number of furan rings is 1. The summed E-state index contributed by atoms with van der Waals surface area (Å²) in [7, 11) is 1.54. The molecule has 2 aromatic heterocycles. The average molecular weight is 461 g/mol. The van der Waals surface area contributed by atoms with E-state index in [9.17, 15) is 14.7 Å². The van der Waals surface area contributed by atoms with Gasteiger partial charge >= 0.3 is 5.91 Å². The van der Waals surface area contributed by atoms with Gasteiger partial charge in [0.1, 0.15) is 23.3 Å². The van der Waals surface area contributed by atoms with Crippen molar-refractivity contribution in [3.05, 3.63) is 83.3 Å². The van der Waals surface area contributed by atoms with Crippen LogP contribution in [-0.4, -0.2) is 28.9 Å². The molecule has 3 heterocycles. The number of aliphatic hydroxyl groups is 1. The van der Waals surface area contributed by atoms with E-state index in [0.29, 0.717) is 22.2 Å². The van der Waals surface area contributed by atoms with Crippen molar-refractivity contribution in [3.8, 4) is 5.75 Å². The number of fused-ring (bicyclic) bond motifs is 1. The van der Waals surface area contributed by atoms with Crippen molar-refractivity contribution in [2.75, 3.05) is 12.0 Å². The number of rotatable bonds is 5. The number of nitrogens with zero attached hydrogens (tertiary/aromatic N) is 2. The van der Waals surface area contributed by atoms with E-state index in [4.69, 9.17) is 9.15 Å². The Balaban J connectivity index is 1.67. The monoisotopic (exact) mass is 460 g/mol. The maximum atomic E-state index is 13.2. The Kier molecular flexibility index (Phi) is 5.22. The van der Waals surface area contributed by atoms with Crippen LogP contribution in [0.4, 0.5) is 5.13 Å². The molecule has 2 aromatic carbocycles. The molecule has 1 aliphatic rings. The highest BCUT2D eigenvalue weighted by Gasteiger charge is 2.49. The van der Waals surface area contributed by atoms with Gasteiger partial charge in [-0.2, -0.15) is 0 Å². The van der Waals surface area contributed by atoms with Crippen molar-refractivity contribution in [1.29, 1.82) is 0 Å². The Hall–Kier alpha value is -3.91. The quantitative estimate of drug-likeness (QED) is 0.253. The van der Waals surface area contributed by atoms with Crippen LogP contribution in [0.5, 0.6) is 5.75 Å². The summed E-state index contributed by atoms with van der Waals surface area (Å²) in [6.45, 7) is 2.07. The van der Waals surface area contributed by atoms with Gasteiger partial charge in [0.15, 0.2) is 5.13 Å². The molecule has 1 amide bonds. The van der Waals surface area contributed by atoms with Gasteiger partial charge in [-0.05, 0) is 60.5 Å². The molecule has 0 saturated carbocycles. The van der Waals surface area contributed by atoms with Crippen LogP contribution in [0.2, 0.25) is 0 Å². The van der Waals surface area contributed by atoms with Crippen LogP contribution in [0.1, 0.15) is 29.9 Å². The number of methoxy groups -OCH3 is 1. The molecule has 166 valence electrons. The first kappa shape index (κ1) is 21.0. The van der Waals surface area contributed by atoms with Gasteiger partial charge in [-0.1, -0.05) is 24.3 Å². The van der Waals surface area contributed by atoms with Crippen LogP contribution in [-0.2, 0) is 16.0 Å². The third-order valence-corrected chi connectivity index (χ3v) is 6.69. The molecule has 5 rings (SSSR count). The van der Waals surface area contributed by atoms with Gasteiger partial charge in [0.2, 0.25) is 0 Å². The SMILES string of the molecule is CCc1ccc2nc(N3C(=O)C(=O)/C(=C(/O)c4ccc(OC)cc4)C3c3ccco3)sc2c1. The number of aryl methyl sites for hydroxylation is 1. The number of hydrogen-bond donors (Lipinski definition) is 1. The van der Waals surface area contributed by atoms with Gasteiger partial charge in [-0.3, -0.25) is 14.5 Å². The van der Waals surface area contributed by atoms with Crippen LogP contribution in [0.25, 0.3) is 16.0 Å². The van der Waals surface area contributed by atoms with Crippen molar-refractivity contribution in [1.82, 2.24) is 4.98 Å². The van der Waals surface area contributed by atoms with Crippen molar-refractivity contribution in [2.24, 2.45) is 0 Å². The maximum Gasteiger partial charge on any atom is 0.302 e. The molecular weight excluding hydrogens is 440 g/mol. The topological polar surface area (TPSA) is 92.9 Å². The van der Waals surface area contributed by atoms with E-state index < -0.39 is 17.7 Å². The number of Topliss-reactive ketones (excluding diaryl/α,β-unsaturated/α-hetero) is 1. The minimum Gasteiger partial charge on any atom is -0.507 e. The standard InChI is InChI=1S/C25H20N2O5S/c1-3-14-6-11-17-19(13-14)33-25(26-17)27-21(18-5-4-12-32-18)20(23(29)24(27)30)22(28)15-7-9-16(31-2)10-8-15/h4-13,21,28H,3H2,1-2H3/b22-20+. The molecule has 0 spiro atoms. The Morgan fingerprint density at radius 3 is 2.64 bits per heavy atom. The van der Waals surface area contributed by atoms with E-state index in [0.717, 1.165) is 22.2 Å². The number of carbonyl (C=O) groups excluding carboxylic acids is 2. The number of carbonyl (C=O) groups is 2. The van der Waals surface area contributed by atoms with Crippen LogP contribution >= 0.6 is 11.3 Å². The largest absolute Gasteiger partial charge is 0.507 e. The van der Waals surface area contributed by atoms with Gasteiger partial charge in [-0.25, -0.2) is 4.98 Å². The number of hydrogen-bond acceptors (Lipinski definition) is 7. The van der Waals surface area contributed by atoms with Crippen molar-refractivity contribution in [2.45, 2.75) is 19.4 Å². The summed E-state index contributed by atoms with van der Waals surface area (Å²) in [6, 6.07) is 15.0. The lowest BCUT2D eigenvalue weighted by molar-refractivity contribution is -0.132. The molecule has 8 heteroatoms. The number of amides is 1. The Bertz CT molecular complexity index is 1390. The molecule has 0 bridgehead atoms. The lowest BCUT2D eigenvalue weighted by Gasteiger charge is -2.20. The molecule has 1 atom stereocenters. The van der Waals surface area contributed by atoms with Crippen molar-refractivity contribution >= 4 is 44.1 Å². The fourth-order valence-corrected chi connectivity index (χ4v) is 4.99. The normalized spacial score (nSPS) is 17.8. The number of benzene rings is 2. The highest BCUT2D eigenvalue weighted by Crippen LogP contribution is 2.44. The summed E-state index contributed by atoms with van der Waals surface area (Å²) in [5.41, 5.74) is 2.24. The first-order chi connectivity index (χ1) is 16.0. The molecule has 0 aliphatic carbocycles. The van der Waals surface area contributed by atoms with Gasteiger partial charge in [0, 0.05) is 5.56 Å². The Morgan fingerprint density at radius 1 is 1.18 bits per heavy atom. The molecule has 1 N–H and O–H groups in total. The third kappa shape index (κ3) is 3.48. The minimum atomic E-state index is -0.937. The fourth-order valence-electron chi connectivity index (χ4n) is 3.93. The van der Waals surface area contributed by atoms with E-state index in [1.165, 1.54) is 22.5 Å². The van der Waals surface area contributed by atoms with Gasteiger partial charge in [0.05, 0.1) is 29.2 Å². The van der Waals surface area contributed by atoms with Crippen molar-refractivity contribution in [3.63, 3.8) is 0 Å². The first-order valence-corrected chi connectivity index (χ1v) is 11.2. The van der Waals surface area contributed by atoms with E-state index >= 15 is 0 Å². The minimum absolute atomic E-state index is 0.0476. The summed E-state index contributed by atoms with van der Waals surface area (Å²) in [5.74, 6) is -0.873. The van der Waals surface area contributed by atoms with Crippen LogP contribution < -0.4 is 9.64 Å². The number of aromatic nitrogens is 1. The predicted molar refractivity (Wildman–Crippen MR) is 125 cm³/mol. The second-order valence-corrected chi connectivity index (χ2v) is 8.57. The number of aliphatic hydroxyl groups excluding tert-OH is 1. The lowest BCUT2D eigenvalue weighted by atomic mass is 9.99. The maximum absolute atomic E-state index is 13.2. The molecule has 1 fully saturated rings. The highest BCUT2D eigenvalue weighted by molar-refractivity contribution is 7.22. The van der Waals surface area contributed by atoms with Gasteiger partial charge in [0.25, 0.3) is 5.78 Å². The summed E-state index contributed by atoms with van der Waals surface area (Å²) < 4.78 is 11.7. The fraction of sp³-hybridized carbons (Fsp3) is 0.160. The molecule has 1 aliphatic heterocycles. The predicted octanol–water partition coefficient (Wildman–Crippen LogP) is 5.09. The molecule has 7 nitrogen and oxygen atoms in total. The highest BCUT2D eigenvalue weighted by atomic mass is 32.1. The van der Waals surface area contributed by atoms with Crippen molar-refractivity contribution < 1.29 is 23.8 Å². The van der Waals surface area contributed by atoms with Gasteiger partial charge < -0.3 is 14.3 Å². The summed E-state index contributed by atoms with van der Waals surface area (Å²) in [4.78, 5) is 32.3. The molecule has 4 aromatic rings. The third-order valence-electron chi connectivity index (χ3n) is 5.68. The molecule has 33 heavy (non-hydrogen) atoms. The Labute approximate surface area is 193 Å². The summed E-state index contributed by atoms with van der Waals surface area (Å²) in [5, 5.41) is 11.5. The number of thiazole rings is 1. The average Bonchev–Trinajstić information content (AvgIpc) is 3.57. The Morgan fingerprint density at radius 2 is 1.97 bits per heavy atom. The second kappa shape index (κ2) is 8.22. The van der Waals surface area contributed by atoms with E-state index in [2.05, 4.69) is 11.9 Å². The smallest absolute Gasteiger partial charge is 0.302 e.